The van der Waals surface area contributed by atoms with Gasteiger partial charge in [-0.1, -0.05) is 165 Å². The average Bonchev–Trinajstić information content (AvgIpc) is 0.891. The van der Waals surface area contributed by atoms with Crippen LogP contribution >= 0.6 is 0 Å². The highest BCUT2D eigenvalue weighted by Gasteiger charge is 2.25. The third-order valence-electron chi connectivity index (χ3n) is 20.1. The molecule has 15 N–H and O–H groups in total. The summed E-state index contributed by atoms with van der Waals surface area (Å²) in [6, 6.07) is 82.7. The highest BCUT2D eigenvalue weighted by Crippen LogP contribution is 2.32. The predicted octanol–water partition coefficient (Wildman–Crippen LogP) is 20.9. The maximum Gasteiger partial charge on any atom is 0.260 e. The van der Waals surface area contributed by atoms with Crippen LogP contribution < -0.4 is 84.3 Å². The Kier molecular flexibility index (Phi) is 37.6. The average molecular weight is 1920 g/mol. The van der Waals surface area contributed by atoms with Gasteiger partial charge >= 0.3 is 0 Å². The number of nitrogens with one attached hydrogen (secondary N) is 13. The molecule has 0 radical (unpaired) electrons. The lowest BCUT2D eigenvalue weighted by molar-refractivity contribution is -0.127. The van der Waals surface area contributed by atoms with Crippen molar-refractivity contribution >= 4 is 157 Å². The van der Waals surface area contributed by atoms with E-state index in [0.29, 0.717) is 94.8 Å². The molecule has 6 heterocycles. The van der Waals surface area contributed by atoms with Crippen LogP contribution in [0.3, 0.4) is 0 Å². The number of halogens is 2. The van der Waals surface area contributed by atoms with Gasteiger partial charge < -0.3 is 89.2 Å². The summed E-state index contributed by atoms with van der Waals surface area (Å²) < 4.78 is 38.7. The summed E-state index contributed by atoms with van der Waals surface area (Å²) in [6.07, 6.45) is 14.7. The summed E-state index contributed by atoms with van der Waals surface area (Å²) in [5, 5.41) is 38.9. The zero-order valence-corrected chi connectivity index (χ0v) is 78.1. The predicted molar refractivity (Wildman–Crippen MR) is 555 cm³/mol. The first-order chi connectivity index (χ1) is 69.4. The van der Waals surface area contributed by atoms with Gasteiger partial charge in [0.1, 0.15) is 40.1 Å². The second kappa shape index (κ2) is 52.5. The Morgan fingerprint density at radius 3 is 1.24 bits per heavy atom. The van der Waals surface area contributed by atoms with Gasteiger partial charge in [0, 0.05) is 124 Å². The number of rotatable bonds is 34. The molecule has 0 saturated carbocycles. The lowest BCUT2D eigenvalue weighted by Gasteiger charge is -2.32. The van der Waals surface area contributed by atoms with Crippen LogP contribution in [0.25, 0.3) is 0 Å². The number of benzene rings is 10. The standard InChI is InChI=1S/C28H26N6O3.C22H22N4O.C20H18N6O2.C19H15FN4O2.C18H20FN5O/c1-3-25(35)31-21-10-7-11-22(16-21)32-26-24(18-30-28(34-26)33-20-8-5-4-6-9-20)27(36)29-17-19-12-14-23(37-2)15-13-19;1-15(2)12-20(27)17-8-7-11-19(13-17)24-21-16(3)14-23-22(26-21)25-18-9-5-4-6-10-18;1-2-17(27)23-14-9-6-10-15(11-14)24-19-16(18(21)28)12-22-20(26-19)25-13-7-4-3-5-8-13;1-2-17(25)22-14-9-6-10-15(11-14)26-18-16(20)12-21-19(24-18)23-13-7-4-3-5-8-13;1-2-16(25)24-10-8-14(9-11-24)21-17-15(19)12-20-18(23-17)22-13-6-4-3-5-7-13/h3-16,18H,1,17H2,2H3,(H,29,36)(H,31,35)(H2,30,32,33,34);4-14H,1-3H3,(H2,23,24,25,26);2-12H,1H2,(H2,21,28)(H,23,27)(H2,22,24,25,26);2-12H,1H2,(H,22,25)(H,21,23,24);2-7,12,14H,1,8-11H2,(H2,20,21,22,23). The van der Waals surface area contributed by atoms with Crippen molar-refractivity contribution in [1.82, 2.24) is 60.1 Å². The molecule has 1 fully saturated rings. The summed E-state index contributed by atoms with van der Waals surface area (Å²) in [6.45, 7) is 21.1. The number of aryl methyl sites for hydroxylation is 1. The number of nitrogens with two attached hydrogens (primary N) is 1. The second-order valence-corrected chi connectivity index (χ2v) is 31.1. The number of allylic oxidation sites excluding steroid dienone is 2. The molecule has 1 aliphatic rings. The number of para-hydroxylation sites is 5. The monoisotopic (exact) mass is 1920 g/mol. The molecule has 34 nitrogen and oxygen atoms in total. The molecule has 16 rings (SSSR count). The van der Waals surface area contributed by atoms with Crippen molar-refractivity contribution in [3.05, 3.63) is 406 Å². The van der Waals surface area contributed by atoms with Gasteiger partial charge in [0.25, 0.3) is 17.7 Å². The lowest BCUT2D eigenvalue weighted by Crippen LogP contribution is -2.41. The fraction of sp³-hybridized carbons (Fsp3) is 0.0935. The van der Waals surface area contributed by atoms with Crippen LogP contribution in [-0.2, 0) is 25.7 Å². The summed E-state index contributed by atoms with van der Waals surface area (Å²) >= 11 is 0. The molecule has 36 heteroatoms. The van der Waals surface area contributed by atoms with Gasteiger partial charge in [-0.15, -0.1) is 0 Å². The Bertz CT molecular complexity index is 6970. The molecular formula is C107H101F2N25O9. The molecule has 0 aliphatic carbocycles. The molecular weight excluding hydrogens is 1820 g/mol. The number of carbonyl (C=O) groups is 7. The van der Waals surface area contributed by atoms with Crippen molar-refractivity contribution in [2.24, 2.45) is 5.73 Å². The van der Waals surface area contributed by atoms with Crippen molar-refractivity contribution in [3.8, 4) is 17.4 Å². The highest BCUT2D eigenvalue weighted by atomic mass is 19.1. The number of hydrogen-bond donors (Lipinski definition) is 14. The number of nitrogens with zero attached hydrogens (tertiary/aromatic N) is 11. The Hall–Kier alpha value is -19.5. The zero-order valence-electron chi connectivity index (χ0n) is 78.1. The number of amides is 6. The summed E-state index contributed by atoms with van der Waals surface area (Å²) in [5.74, 6) is 0.573. The number of ether oxygens (including phenoxy) is 2. The molecule has 1 aliphatic heterocycles. The van der Waals surface area contributed by atoms with E-state index in [1.807, 2.05) is 221 Å². The van der Waals surface area contributed by atoms with Gasteiger partial charge in [-0.2, -0.15) is 29.3 Å². The number of piperidine rings is 1. The van der Waals surface area contributed by atoms with Crippen molar-refractivity contribution < 1.29 is 51.8 Å². The minimum atomic E-state index is -0.704. The van der Waals surface area contributed by atoms with E-state index in [-0.39, 0.29) is 76.0 Å². The van der Waals surface area contributed by atoms with Crippen molar-refractivity contribution in [1.29, 1.82) is 0 Å². The van der Waals surface area contributed by atoms with E-state index in [1.165, 1.54) is 30.6 Å². The SMILES string of the molecule is C=CC(=O)N1CCC(Nc2nc(Nc3ccccc3)ncc2F)CC1.C=CC(=O)Nc1cccc(Nc2nc(Nc3ccccc3)ncc2C(=O)NCc2ccc(OC)cc2)c1.C=CC(=O)Nc1cccc(Nc2nc(Nc3ccccc3)ncc2C(N)=O)c1.C=CC(=O)Nc1cccc(Oc2nc(Nc3ccccc3)ncc2F)c1.CC(C)=CC(=O)c1cccc(Nc2nc(Nc3ccccc3)ncc2C)c1. The van der Waals surface area contributed by atoms with Gasteiger partial charge in [-0.05, 0) is 203 Å². The Balaban J connectivity index is 0.000000161. The number of anilines is 20. The number of primary amides is 1. The molecule has 5 aromatic heterocycles. The molecule has 722 valence electrons. The van der Waals surface area contributed by atoms with Gasteiger partial charge in [0.05, 0.1) is 19.5 Å². The maximum atomic E-state index is 14.0. The van der Waals surface area contributed by atoms with Crippen molar-refractivity contribution in [3.63, 3.8) is 0 Å². The number of aromatic nitrogens is 10. The third kappa shape index (κ3) is 32.9. The van der Waals surface area contributed by atoms with Crippen LogP contribution in [0, 0.1) is 18.6 Å². The third-order valence-corrected chi connectivity index (χ3v) is 20.1. The van der Waals surface area contributed by atoms with Gasteiger partial charge in [-0.25, -0.2) is 29.3 Å². The van der Waals surface area contributed by atoms with Crippen LogP contribution in [0.4, 0.5) is 124 Å². The van der Waals surface area contributed by atoms with E-state index in [4.69, 9.17) is 15.2 Å². The van der Waals surface area contributed by atoms with E-state index in [9.17, 15) is 42.3 Å². The van der Waals surface area contributed by atoms with Crippen LogP contribution in [-0.4, -0.2) is 122 Å². The summed E-state index contributed by atoms with van der Waals surface area (Å²) in [5.41, 5.74) is 17.0. The molecule has 0 spiro atoms. The molecule has 143 heavy (non-hydrogen) atoms. The van der Waals surface area contributed by atoms with Crippen molar-refractivity contribution in [2.45, 2.75) is 46.2 Å². The molecule has 0 bridgehead atoms. The summed E-state index contributed by atoms with van der Waals surface area (Å²) in [4.78, 5) is 127. The minimum Gasteiger partial charge on any atom is -0.497 e. The van der Waals surface area contributed by atoms with Gasteiger partial charge in [0.15, 0.2) is 17.4 Å². The molecule has 0 unspecified atom stereocenters. The van der Waals surface area contributed by atoms with Crippen LogP contribution in [0.5, 0.6) is 17.4 Å². The minimum absolute atomic E-state index is 0.00973. The zero-order chi connectivity index (χ0) is 101. The molecule has 0 atom stereocenters. The van der Waals surface area contributed by atoms with Crippen LogP contribution in [0.15, 0.2) is 366 Å². The quantitative estimate of drug-likeness (QED) is 0.0132. The maximum absolute atomic E-state index is 14.0. The number of carbonyl (C=O) groups excluding carboxylic acids is 7. The first kappa shape index (κ1) is 102. The topological polar surface area (TPSA) is 452 Å². The van der Waals surface area contributed by atoms with Crippen LogP contribution in [0.1, 0.15) is 68.9 Å². The number of likely N-dealkylation sites (tertiary alicyclic amines) is 1. The number of ketones is 1. The van der Waals surface area contributed by atoms with E-state index < -0.39 is 17.5 Å². The Morgan fingerprint density at radius 2 is 0.790 bits per heavy atom. The number of methoxy groups -OCH3 is 1. The fourth-order valence-corrected chi connectivity index (χ4v) is 13.1. The largest absolute Gasteiger partial charge is 0.497 e. The fourth-order valence-electron chi connectivity index (χ4n) is 13.1. The highest BCUT2D eigenvalue weighted by molar-refractivity contribution is 6.06. The molecule has 1 saturated heterocycles. The molecule has 10 aromatic carbocycles. The van der Waals surface area contributed by atoms with E-state index in [0.717, 1.165) is 87.9 Å². The Labute approximate surface area is 823 Å². The second-order valence-electron chi connectivity index (χ2n) is 31.1. The van der Waals surface area contributed by atoms with Crippen LogP contribution in [0.2, 0.25) is 0 Å². The summed E-state index contributed by atoms with van der Waals surface area (Å²) in [7, 11) is 1.60. The smallest absolute Gasteiger partial charge is 0.260 e. The Morgan fingerprint density at radius 1 is 0.406 bits per heavy atom. The lowest BCUT2D eigenvalue weighted by atomic mass is 10.0. The molecule has 6 amide bonds. The van der Waals surface area contributed by atoms with Gasteiger partial charge in [-0.3, -0.25) is 33.6 Å². The van der Waals surface area contributed by atoms with E-state index in [2.05, 4.69) is 145 Å². The van der Waals surface area contributed by atoms with Crippen molar-refractivity contribution in [2.75, 3.05) is 84.0 Å². The first-order valence-electron chi connectivity index (χ1n) is 44.4. The normalized spacial score (nSPS) is 10.9. The van der Waals surface area contributed by atoms with Gasteiger partial charge in [0.2, 0.25) is 59.2 Å². The van der Waals surface area contributed by atoms with E-state index in [1.54, 1.807) is 97.1 Å². The first-order valence-corrected chi connectivity index (χ1v) is 44.4. The molecule has 15 aromatic rings. The number of hydrogen-bond acceptors (Lipinski definition) is 28. The van der Waals surface area contributed by atoms with E-state index >= 15 is 0 Å².